The van der Waals surface area contributed by atoms with E-state index >= 15 is 0 Å². The van der Waals surface area contributed by atoms with Crippen LogP contribution in [-0.4, -0.2) is 46.2 Å². The number of sulfonamides is 1. The van der Waals surface area contributed by atoms with E-state index in [2.05, 4.69) is 4.72 Å². The van der Waals surface area contributed by atoms with Crippen LogP contribution >= 0.6 is 0 Å². The van der Waals surface area contributed by atoms with Gasteiger partial charge >= 0.3 is 5.97 Å². The second-order valence-corrected chi connectivity index (χ2v) is 6.94. The summed E-state index contributed by atoms with van der Waals surface area (Å²) < 4.78 is 30.3. The normalized spacial score (nSPS) is 13.0. The third-order valence-electron chi connectivity index (χ3n) is 2.71. The number of carbonyl (C=O) groups excluding carboxylic acids is 1. The number of hydrogen-bond acceptors (Lipinski definition) is 5. The van der Waals surface area contributed by atoms with Crippen molar-refractivity contribution in [3.05, 3.63) is 29.8 Å². The third-order valence-corrected chi connectivity index (χ3v) is 3.31. The van der Waals surface area contributed by atoms with Crippen molar-refractivity contribution in [1.29, 1.82) is 0 Å². The average molecular weight is 314 g/mol. The minimum Gasteiger partial charge on any atom is -0.458 e. The Kier molecular flexibility index (Phi) is 6.17. The molecule has 0 amide bonds. The van der Waals surface area contributed by atoms with Crippen molar-refractivity contribution < 1.29 is 17.9 Å². The van der Waals surface area contributed by atoms with E-state index < -0.39 is 16.1 Å². The highest BCUT2D eigenvalue weighted by molar-refractivity contribution is 7.92. The minimum atomic E-state index is -3.33. The lowest BCUT2D eigenvalue weighted by Crippen LogP contribution is -2.19. The third kappa shape index (κ3) is 7.10. The molecule has 0 heterocycles. The molecule has 1 aromatic rings. The van der Waals surface area contributed by atoms with Crippen LogP contribution in [0.2, 0.25) is 0 Å². The molecule has 0 fully saturated rings. The number of nitrogens with zero attached hydrogens (tertiary/aromatic N) is 1. The van der Waals surface area contributed by atoms with Crippen molar-refractivity contribution >= 4 is 21.7 Å². The molecule has 0 saturated heterocycles. The maximum Gasteiger partial charge on any atom is 0.303 e. The molecule has 7 heteroatoms. The highest BCUT2D eigenvalue weighted by atomic mass is 32.2. The highest BCUT2D eigenvalue weighted by Gasteiger charge is 2.16. The van der Waals surface area contributed by atoms with Gasteiger partial charge in [0.2, 0.25) is 10.0 Å². The number of esters is 1. The molecule has 21 heavy (non-hydrogen) atoms. The molecule has 0 unspecified atom stereocenters. The minimum absolute atomic E-state index is 0.361. The molecule has 0 aliphatic heterocycles. The summed E-state index contributed by atoms with van der Waals surface area (Å²) in [6.45, 7) is 2.11. The average Bonchev–Trinajstić information content (AvgIpc) is 2.32. The first kappa shape index (κ1) is 17.5. The Morgan fingerprint density at radius 2 is 2.05 bits per heavy atom. The van der Waals surface area contributed by atoms with E-state index in [4.69, 9.17) is 4.74 Å². The summed E-state index contributed by atoms with van der Waals surface area (Å²) in [4.78, 5) is 13.2. The van der Waals surface area contributed by atoms with Crippen LogP contribution in [0.5, 0.6) is 0 Å². The van der Waals surface area contributed by atoms with Crippen molar-refractivity contribution in [2.75, 3.05) is 31.6 Å². The van der Waals surface area contributed by atoms with Gasteiger partial charge in [0.15, 0.2) is 0 Å². The monoisotopic (exact) mass is 314 g/mol. The SMILES string of the molecule is CC(=O)O[C@@H](CCN(C)C)c1cccc(NS(C)(=O)=O)c1. The highest BCUT2D eigenvalue weighted by Crippen LogP contribution is 2.24. The Balaban J connectivity index is 2.95. The maximum atomic E-state index is 11.3. The fourth-order valence-corrected chi connectivity index (χ4v) is 2.44. The molecule has 0 bridgehead atoms. The zero-order chi connectivity index (χ0) is 16.0. The molecule has 1 atom stereocenters. The van der Waals surface area contributed by atoms with Gasteiger partial charge in [0.05, 0.1) is 6.26 Å². The van der Waals surface area contributed by atoms with E-state index in [0.717, 1.165) is 18.4 Å². The summed E-state index contributed by atoms with van der Waals surface area (Å²) in [5.74, 6) is -0.361. The smallest absolute Gasteiger partial charge is 0.303 e. The van der Waals surface area contributed by atoms with Gasteiger partial charge in [0.1, 0.15) is 6.10 Å². The van der Waals surface area contributed by atoms with Gasteiger partial charge in [-0.15, -0.1) is 0 Å². The lowest BCUT2D eigenvalue weighted by atomic mass is 10.1. The summed E-state index contributed by atoms with van der Waals surface area (Å²) in [6.07, 6.45) is 1.33. The predicted molar refractivity (Wildman–Crippen MR) is 82.6 cm³/mol. The summed E-state index contributed by atoms with van der Waals surface area (Å²) in [5, 5.41) is 0. The summed E-state index contributed by atoms with van der Waals surface area (Å²) in [7, 11) is 0.540. The van der Waals surface area contributed by atoms with E-state index in [1.165, 1.54) is 6.92 Å². The van der Waals surface area contributed by atoms with E-state index in [9.17, 15) is 13.2 Å². The standard InChI is InChI=1S/C14H22N2O4S/c1-11(17)20-14(8-9-16(2)3)12-6-5-7-13(10-12)15-21(4,18)19/h5-7,10,14-15H,8-9H2,1-4H3/t14-/m0/s1. The van der Waals surface area contributed by atoms with Crippen molar-refractivity contribution in [3.8, 4) is 0 Å². The van der Waals surface area contributed by atoms with E-state index in [-0.39, 0.29) is 5.97 Å². The van der Waals surface area contributed by atoms with Crippen LogP contribution in [0.25, 0.3) is 0 Å². The number of hydrogen-bond donors (Lipinski definition) is 1. The van der Waals surface area contributed by atoms with Gasteiger partial charge in [0.25, 0.3) is 0 Å². The summed E-state index contributed by atoms with van der Waals surface area (Å²) in [6, 6.07) is 6.89. The zero-order valence-corrected chi connectivity index (χ0v) is 13.6. The largest absolute Gasteiger partial charge is 0.458 e. The van der Waals surface area contributed by atoms with E-state index in [1.54, 1.807) is 18.2 Å². The topological polar surface area (TPSA) is 75.7 Å². The Morgan fingerprint density at radius 1 is 1.38 bits per heavy atom. The van der Waals surface area contributed by atoms with Gasteiger partial charge in [-0.3, -0.25) is 9.52 Å². The number of rotatable bonds is 7. The number of benzene rings is 1. The molecule has 0 radical (unpaired) electrons. The van der Waals surface area contributed by atoms with Gasteiger partial charge in [-0.1, -0.05) is 12.1 Å². The molecule has 0 aromatic heterocycles. The van der Waals surface area contributed by atoms with E-state index in [1.807, 2.05) is 25.1 Å². The maximum absolute atomic E-state index is 11.3. The van der Waals surface area contributed by atoms with Gasteiger partial charge < -0.3 is 9.64 Å². The van der Waals surface area contributed by atoms with Crippen LogP contribution in [-0.2, 0) is 19.6 Å². The van der Waals surface area contributed by atoms with Gasteiger partial charge in [-0.2, -0.15) is 0 Å². The molecule has 0 spiro atoms. The molecule has 0 saturated carbocycles. The molecule has 0 aliphatic carbocycles. The van der Waals surface area contributed by atoms with Gasteiger partial charge in [-0.05, 0) is 31.8 Å². The first-order chi connectivity index (χ1) is 9.67. The van der Waals surface area contributed by atoms with Gasteiger partial charge in [0, 0.05) is 25.6 Å². The summed E-state index contributed by atoms with van der Waals surface area (Å²) in [5.41, 5.74) is 1.22. The summed E-state index contributed by atoms with van der Waals surface area (Å²) >= 11 is 0. The van der Waals surface area contributed by atoms with Crippen LogP contribution in [0.4, 0.5) is 5.69 Å². The second kappa shape index (κ2) is 7.42. The van der Waals surface area contributed by atoms with Crippen LogP contribution < -0.4 is 4.72 Å². The lowest BCUT2D eigenvalue weighted by molar-refractivity contribution is -0.147. The predicted octanol–water partition coefficient (Wildman–Crippen LogP) is 1.61. The number of nitrogens with one attached hydrogen (secondary N) is 1. The van der Waals surface area contributed by atoms with Crippen molar-refractivity contribution in [2.45, 2.75) is 19.4 Å². The molecular formula is C14H22N2O4S. The quantitative estimate of drug-likeness (QED) is 0.774. The van der Waals surface area contributed by atoms with Crippen LogP contribution in [0.15, 0.2) is 24.3 Å². The lowest BCUT2D eigenvalue weighted by Gasteiger charge is -2.20. The fourth-order valence-electron chi connectivity index (χ4n) is 1.89. The molecule has 1 aromatic carbocycles. The van der Waals surface area contributed by atoms with Crippen molar-refractivity contribution in [1.82, 2.24) is 4.90 Å². The number of anilines is 1. The fraction of sp³-hybridized carbons (Fsp3) is 0.500. The second-order valence-electron chi connectivity index (χ2n) is 5.19. The Labute approximate surface area is 126 Å². The number of ether oxygens (including phenoxy) is 1. The van der Waals surface area contributed by atoms with Gasteiger partial charge in [-0.25, -0.2) is 8.42 Å². The number of carbonyl (C=O) groups is 1. The molecule has 1 rings (SSSR count). The van der Waals surface area contributed by atoms with Crippen molar-refractivity contribution in [3.63, 3.8) is 0 Å². The van der Waals surface area contributed by atoms with Crippen LogP contribution in [0.1, 0.15) is 25.0 Å². The first-order valence-corrected chi connectivity index (χ1v) is 8.46. The molecular weight excluding hydrogens is 292 g/mol. The molecule has 1 N–H and O–H groups in total. The van der Waals surface area contributed by atoms with E-state index in [0.29, 0.717) is 12.1 Å². The molecule has 0 aliphatic rings. The van der Waals surface area contributed by atoms with Crippen LogP contribution in [0, 0.1) is 0 Å². The zero-order valence-electron chi connectivity index (χ0n) is 12.8. The van der Waals surface area contributed by atoms with Crippen LogP contribution in [0.3, 0.4) is 0 Å². The molecule has 118 valence electrons. The Morgan fingerprint density at radius 3 is 2.57 bits per heavy atom. The molecule has 6 nitrogen and oxygen atoms in total. The first-order valence-electron chi connectivity index (χ1n) is 6.57. The Bertz CT molecular complexity index is 584. The Hall–Kier alpha value is -1.60. The van der Waals surface area contributed by atoms with Crippen molar-refractivity contribution in [2.24, 2.45) is 0 Å².